The van der Waals surface area contributed by atoms with E-state index in [9.17, 15) is 0 Å². The molecular formula is C16H18N4O2. The average Bonchev–Trinajstić information content (AvgIpc) is 3.16. The third kappa shape index (κ3) is 2.95. The number of rotatable bonds is 4. The monoisotopic (exact) mass is 298 g/mol. The maximum Gasteiger partial charge on any atom is 0.231 e. The van der Waals surface area contributed by atoms with Gasteiger partial charge in [0, 0.05) is 13.1 Å². The van der Waals surface area contributed by atoms with Gasteiger partial charge in [0.15, 0.2) is 5.82 Å². The van der Waals surface area contributed by atoms with Crippen molar-refractivity contribution in [1.82, 2.24) is 15.0 Å². The number of aromatic nitrogens is 2. The van der Waals surface area contributed by atoms with Gasteiger partial charge in [0.2, 0.25) is 5.89 Å². The molecule has 1 aliphatic rings. The van der Waals surface area contributed by atoms with Crippen LogP contribution in [0.2, 0.25) is 0 Å². The molecule has 0 unspecified atom stereocenters. The molecule has 1 aromatic heterocycles. The number of methoxy groups -OCH3 is 1. The minimum atomic E-state index is 0.301. The maximum atomic E-state index is 9.16. The average molecular weight is 298 g/mol. The predicted octanol–water partition coefficient (Wildman–Crippen LogP) is 2.25. The van der Waals surface area contributed by atoms with Crippen molar-refractivity contribution in [3.63, 3.8) is 0 Å². The van der Waals surface area contributed by atoms with E-state index in [1.54, 1.807) is 7.11 Å². The fourth-order valence-electron chi connectivity index (χ4n) is 2.86. The number of aryl methyl sites for hydroxylation is 1. The van der Waals surface area contributed by atoms with E-state index in [0.29, 0.717) is 23.1 Å². The topological polar surface area (TPSA) is 75.2 Å². The van der Waals surface area contributed by atoms with Gasteiger partial charge in [-0.05, 0) is 37.6 Å². The molecule has 6 heteroatoms. The van der Waals surface area contributed by atoms with Crippen molar-refractivity contribution < 1.29 is 9.26 Å². The van der Waals surface area contributed by atoms with E-state index < -0.39 is 0 Å². The zero-order valence-corrected chi connectivity index (χ0v) is 12.7. The molecule has 0 spiro atoms. The van der Waals surface area contributed by atoms with Gasteiger partial charge in [-0.15, -0.1) is 0 Å². The third-order valence-corrected chi connectivity index (χ3v) is 3.96. The fourth-order valence-corrected chi connectivity index (χ4v) is 2.86. The fraction of sp³-hybridized carbons (Fsp3) is 0.438. The normalized spacial score (nSPS) is 18.3. The quantitative estimate of drug-likeness (QED) is 0.861. The largest absolute Gasteiger partial charge is 0.495 e. The molecule has 114 valence electrons. The van der Waals surface area contributed by atoms with Crippen molar-refractivity contribution >= 4 is 0 Å². The van der Waals surface area contributed by atoms with Crippen LogP contribution >= 0.6 is 0 Å². The lowest BCUT2D eigenvalue weighted by molar-refractivity contribution is 0.308. The molecule has 0 saturated carbocycles. The molecule has 1 atom stereocenters. The Kier molecular flexibility index (Phi) is 4.07. The van der Waals surface area contributed by atoms with Gasteiger partial charge < -0.3 is 9.26 Å². The van der Waals surface area contributed by atoms with Gasteiger partial charge in [-0.2, -0.15) is 10.2 Å². The highest BCUT2D eigenvalue weighted by atomic mass is 16.5. The van der Waals surface area contributed by atoms with E-state index in [1.165, 1.54) is 0 Å². The van der Waals surface area contributed by atoms with Crippen LogP contribution in [0.4, 0.5) is 0 Å². The predicted molar refractivity (Wildman–Crippen MR) is 79.4 cm³/mol. The minimum absolute atomic E-state index is 0.301. The van der Waals surface area contributed by atoms with Crippen LogP contribution in [0, 0.1) is 18.3 Å². The van der Waals surface area contributed by atoms with Crippen LogP contribution in [0.15, 0.2) is 22.7 Å². The van der Waals surface area contributed by atoms with Gasteiger partial charge in [0.25, 0.3) is 0 Å². The molecule has 2 aromatic rings. The van der Waals surface area contributed by atoms with Crippen molar-refractivity contribution in [2.75, 3.05) is 20.2 Å². The summed E-state index contributed by atoms with van der Waals surface area (Å²) in [6.07, 6.45) is 1.02. The number of nitriles is 1. The van der Waals surface area contributed by atoms with Crippen LogP contribution in [-0.4, -0.2) is 35.2 Å². The molecule has 0 N–H and O–H groups in total. The SMILES string of the molecule is COc1ccc(CN2CC[C@H](c3nc(C)no3)C2)cc1C#N. The van der Waals surface area contributed by atoms with Crippen molar-refractivity contribution in [3.05, 3.63) is 41.0 Å². The summed E-state index contributed by atoms with van der Waals surface area (Å²) in [6, 6.07) is 7.92. The third-order valence-electron chi connectivity index (χ3n) is 3.96. The summed E-state index contributed by atoms with van der Waals surface area (Å²) in [4.78, 5) is 6.66. The Morgan fingerprint density at radius 3 is 3.05 bits per heavy atom. The van der Waals surface area contributed by atoms with Gasteiger partial charge in [-0.25, -0.2) is 0 Å². The van der Waals surface area contributed by atoms with Gasteiger partial charge >= 0.3 is 0 Å². The molecule has 1 saturated heterocycles. The van der Waals surface area contributed by atoms with E-state index in [-0.39, 0.29) is 0 Å². The number of hydrogen-bond donors (Lipinski definition) is 0. The van der Waals surface area contributed by atoms with E-state index in [4.69, 9.17) is 14.5 Å². The zero-order chi connectivity index (χ0) is 15.5. The molecule has 0 aliphatic carbocycles. The Morgan fingerprint density at radius 2 is 2.36 bits per heavy atom. The molecule has 3 rings (SSSR count). The highest BCUT2D eigenvalue weighted by Gasteiger charge is 2.28. The molecule has 1 fully saturated rings. The molecule has 22 heavy (non-hydrogen) atoms. The first kappa shape index (κ1) is 14.5. The Balaban J connectivity index is 1.66. The molecule has 1 aliphatic heterocycles. The number of nitrogens with zero attached hydrogens (tertiary/aromatic N) is 4. The van der Waals surface area contributed by atoms with Gasteiger partial charge in [-0.3, -0.25) is 4.90 Å². The summed E-state index contributed by atoms with van der Waals surface area (Å²) < 4.78 is 10.4. The summed E-state index contributed by atoms with van der Waals surface area (Å²) in [5.74, 6) is 2.33. The van der Waals surface area contributed by atoms with Crippen LogP contribution in [0.25, 0.3) is 0 Å². The van der Waals surface area contributed by atoms with E-state index in [2.05, 4.69) is 21.1 Å². The van der Waals surface area contributed by atoms with E-state index >= 15 is 0 Å². The Morgan fingerprint density at radius 1 is 1.50 bits per heavy atom. The first-order valence-electron chi connectivity index (χ1n) is 7.29. The van der Waals surface area contributed by atoms with E-state index in [1.807, 2.05) is 25.1 Å². The highest BCUT2D eigenvalue weighted by molar-refractivity contribution is 5.45. The Hall–Kier alpha value is -2.39. The maximum absolute atomic E-state index is 9.16. The molecule has 2 heterocycles. The first-order chi connectivity index (χ1) is 10.7. The second-order valence-electron chi connectivity index (χ2n) is 5.55. The lowest BCUT2D eigenvalue weighted by Gasteiger charge is -2.16. The van der Waals surface area contributed by atoms with Crippen LogP contribution < -0.4 is 4.74 Å². The Labute approximate surface area is 129 Å². The highest BCUT2D eigenvalue weighted by Crippen LogP contribution is 2.28. The van der Waals surface area contributed by atoms with Crippen LogP contribution in [0.5, 0.6) is 5.75 Å². The number of benzene rings is 1. The van der Waals surface area contributed by atoms with Gasteiger partial charge in [0.05, 0.1) is 18.6 Å². The smallest absolute Gasteiger partial charge is 0.231 e. The minimum Gasteiger partial charge on any atom is -0.495 e. The summed E-state index contributed by atoms with van der Waals surface area (Å²) in [7, 11) is 1.58. The van der Waals surface area contributed by atoms with Gasteiger partial charge in [0.1, 0.15) is 11.8 Å². The lowest BCUT2D eigenvalue weighted by Crippen LogP contribution is -2.19. The number of ether oxygens (including phenoxy) is 1. The molecule has 6 nitrogen and oxygen atoms in total. The van der Waals surface area contributed by atoms with Gasteiger partial charge in [-0.1, -0.05) is 11.2 Å². The summed E-state index contributed by atoms with van der Waals surface area (Å²) in [5.41, 5.74) is 1.68. The molecular weight excluding hydrogens is 280 g/mol. The molecule has 0 amide bonds. The summed E-state index contributed by atoms with van der Waals surface area (Å²) in [6.45, 7) is 4.53. The van der Waals surface area contributed by atoms with Crippen LogP contribution in [0.1, 0.15) is 35.2 Å². The van der Waals surface area contributed by atoms with Crippen LogP contribution in [0.3, 0.4) is 0 Å². The van der Waals surface area contributed by atoms with E-state index in [0.717, 1.165) is 37.5 Å². The summed E-state index contributed by atoms with van der Waals surface area (Å²) in [5, 5.41) is 13.0. The van der Waals surface area contributed by atoms with Crippen molar-refractivity contribution in [2.45, 2.75) is 25.8 Å². The second-order valence-corrected chi connectivity index (χ2v) is 5.55. The standard InChI is InChI=1S/C16H18N4O2/c1-11-18-16(22-19-11)13-5-6-20(10-13)9-12-3-4-15(21-2)14(7-12)8-17/h3-4,7,13H,5-6,9-10H2,1-2H3/t13-/m0/s1. The number of hydrogen-bond acceptors (Lipinski definition) is 6. The molecule has 0 bridgehead atoms. The van der Waals surface area contributed by atoms with Crippen molar-refractivity contribution in [1.29, 1.82) is 5.26 Å². The molecule has 1 aromatic carbocycles. The van der Waals surface area contributed by atoms with Crippen LogP contribution in [-0.2, 0) is 6.54 Å². The second kappa shape index (κ2) is 6.16. The first-order valence-corrected chi connectivity index (χ1v) is 7.29. The van der Waals surface area contributed by atoms with Crippen molar-refractivity contribution in [2.24, 2.45) is 0 Å². The zero-order valence-electron chi connectivity index (χ0n) is 12.7. The number of likely N-dealkylation sites (tertiary alicyclic amines) is 1. The van der Waals surface area contributed by atoms with Crippen molar-refractivity contribution in [3.8, 4) is 11.8 Å². The lowest BCUT2D eigenvalue weighted by atomic mass is 10.1. The Bertz CT molecular complexity index is 704. The summed E-state index contributed by atoms with van der Waals surface area (Å²) >= 11 is 0. The molecule has 0 radical (unpaired) electrons.